The van der Waals surface area contributed by atoms with Gasteiger partial charge in [-0.05, 0) is 43.7 Å². The lowest BCUT2D eigenvalue weighted by molar-refractivity contribution is -0.153. The van der Waals surface area contributed by atoms with Crippen molar-refractivity contribution in [2.75, 3.05) is 13.7 Å². The van der Waals surface area contributed by atoms with Crippen molar-refractivity contribution >= 4 is 18.0 Å². The zero-order valence-corrected chi connectivity index (χ0v) is 18.5. The minimum absolute atomic E-state index is 0.00687. The summed E-state index contributed by atoms with van der Waals surface area (Å²) in [7, 11) is 1.33. The Bertz CT molecular complexity index is 818. The van der Waals surface area contributed by atoms with Crippen LogP contribution >= 0.6 is 0 Å². The van der Waals surface area contributed by atoms with E-state index in [2.05, 4.69) is 24.1 Å². The number of carbonyl (C=O) groups excluding carboxylic acids is 3. The normalized spacial score (nSPS) is 25.1. The SMILES string of the molecule is COC(=O)[C@@H]1[C@@H]2[C@H](CN1C(=O)[C@H](Cc1cccnc1)NC(=O)OC(C)(C)C)C2(C)C. The molecular formula is C22H31N3O5. The number of hydrogen-bond donors (Lipinski definition) is 1. The highest BCUT2D eigenvalue weighted by Crippen LogP contribution is 2.65. The van der Waals surface area contributed by atoms with E-state index in [9.17, 15) is 14.4 Å². The summed E-state index contributed by atoms with van der Waals surface area (Å²) in [4.78, 5) is 44.1. The van der Waals surface area contributed by atoms with Gasteiger partial charge in [0, 0.05) is 31.3 Å². The molecule has 8 nitrogen and oxygen atoms in total. The van der Waals surface area contributed by atoms with Crippen LogP contribution in [0.15, 0.2) is 24.5 Å². The van der Waals surface area contributed by atoms with E-state index in [1.807, 2.05) is 6.07 Å². The van der Waals surface area contributed by atoms with Crippen molar-refractivity contribution in [3.8, 4) is 0 Å². The van der Waals surface area contributed by atoms with Gasteiger partial charge in [0.1, 0.15) is 17.7 Å². The summed E-state index contributed by atoms with van der Waals surface area (Å²) in [5.74, 6) is -0.428. The highest BCUT2D eigenvalue weighted by Gasteiger charge is 2.70. The molecule has 0 unspecified atom stereocenters. The maximum Gasteiger partial charge on any atom is 0.408 e. The van der Waals surface area contributed by atoms with Gasteiger partial charge in [-0.15, -0.1) is 0 Å². The Labute approximate surface area is 177 Å². The van der Waals surface area contributed by atoms with Gasteiger partial charge >= 0.3 is 12.1 Å². The number of rotatable bonds is 5. The Morgan fingerprint density at radius 1 is 1.33 bits per heavy atom. The van der Waals surface area contributed by atoms with E-state index in [0.29, 0.717) is 6.54 Å². The number of pyridine rings is 1. The number of aromatic nitrogens is 1. The molecule has 2 amide bonds. The lowest BCUT2D eigenvalue weighted by Crippen LogP contribution is -2.55. The molecular weight excluding hydrogens is 386 g/mol. The predicted octanol–water partition coefficient (Wildman–Crippen LogP) is 2.17. The average molecular weight is 418 g/mol. The number of amides is 2. The summed E-state index contributed by atoms with van der Waals surface area (Å²) in [6.45, 7) is 9.95. The van der Waals surface area contributed by atoms with Gasteiger partial charge in [-0.25, -0.2) is 9.59 Å². The first kappa shape index (κ1) is 22.1. The molecule has 30 heavy (non-hydrogen) atoms. The van der Waals surface area contributed by atoms with Gasteiger partial charge in [-0.2, -0.15) is 0 Å². The van der Waals surface area contributed by atoms with Gasteiger partial charge in [0.2, 0.25) is 5.91 Å². The summed E-state index contributed by atoms with van der Waals surface area (Å²) < 4.78 is 10.3. The largest absolute Gasteiger partial charge is 0.467 e. The van der Waals surface area contributed by atoms with Crippen molar-refractivity contribution in [2.24, 2.45) is 17.3 Å². The van der Waals surface area contributed by atoms with Crippen LogP contribution in [-0.2, 0) is 25.5 Å². The van der Waals surface area contributed by atoms with Crippen molar-refractivity contribution in [3.63, 3.8) is 0 Å². The van der Waals surface area contributed by atoms with Gasteiger partial charge in [0.05, 0.1) is 7.11 Å². The average Bonchev–Trinajstić information content (AvgIpc) is 3.01. The van der Waals surface area contributed by atoms with Gasteiger partial charge in [-0.3, -0.25) is 9.78 Å². The minimum Gasteiger partial charge on any atom is -0.467 e. The number of ether oxygens (including phenoxy) is 2. The third-order valence-corrected chi connectivity index (χ3v) is 6.09. The summed E-state index contributed by atoms with van der Waals surface area (Å²) in [6.07, 6.45) is 2.86. The molecule has 8 heteroatoms. The molecule has 2 fully saturated rings. The van der Waals surface area contributed by atoms with Crippen molar-refractivity contribution in [2.45, 2.75) is 58.7 Å². The Kier molecular flexibility index (Phi) is 5.80. The van der Waals surface area contributed by atoms with E-state index < -0.39 is 29.7 Å². The second-order valence-corrected chi connectivity index (χ2v) is 9.68. The zero-order valence-electron chi connectivity index (χ0n) is 18.5. The summed E-state index contributed by atoms with van der Waals surface area (Å²) in [6, 6.07) is 2.10. The van der Waals surface area contributed by atoms with E-state index in [0.717, 1.165) is 5.56 Å². The molecule has 2 heterocycles. The van der Waals surface area contributed by atoms with E-state index in [1.54, 1.807) is 44.1 Å². The Morgan fingerprint density at radius 3 is 2.60 bits per heavy atom. The standard InChI is InChI=1S/C22H31N3O5/c1-21(2,3)30-20(28)24-15(10-13-8-7-9-23-11-13)18(26)25-12-14-16(22(14,4)5)17(25)19(27)29-6/h7-9,11,14-17H,10,12H2,1-6H3,(H,24,28)/t14-,15-,16-,17-/m0/s1. The number of esters is 1. The molecule has 1 aromatic rings. The fraction of sp³-hybridized carbons (Fsp3) is 0.636. The Balaban J connectivity index is 1.82. The number of alkyl carbamates (subject to hydrolysis) is 1. The fourth-order valence-electron chi connectivity index (χ4n) is 4.51. The van der Waals surface area contributed by atoms with E-state index in [1.165, 1.54) is 7.11 Å². The summed E-state index contributed by atoms with van der Waals surface area (Å²) in [5, 5.41) is 2.69. The van der Waals surface area contributed by atoms with Gasteiger partial charge in [-0.1, -0.05) is 19.9 Å². The van der Waals surface area contributed by atoms with Crippen LogP contribution in [0.2, 0.25) is 0 Å². The molecule has 0 bridgehead atoms. The molecule has 164 valence electrons. The van der Waals surface area contributed by atoms with E-state index in [4.69, 9.17) is 9.47 Å². The van der Waals surface area contributed by atoms with Crippen LogP contribution in [-0.4, -0.2) is 59.2 Å². The number of fused-ring (bicyclic) bond motifs is 1. The number of methoxy groups -OCH3 is 1. The number of piperidine rings is 1. The number of nitrogens with zero attached hydrogens (tertiary/aromatic N) is 2. The highest BCUT2D eigenvalue weighted by atomic mass is 16.6. The summed E-state index contributed by atoms with van der Waals surface area (Å²) in [5.41, 5.74) is 0.0959. The molecule has 0 aromatic carbocycles. The second-order valence-electron chi connectivity index (χ2n) is 9.68. The molecule has 4 atom stereocenters. The van der Waals surface area contributed by atoms with Crippen LogP contribution in [0.1, 0.15) is 40.2 Å². The Morgan fingerprint density at radius 2 is 2.03 bits per heavy atom. The molecule has 1 N–H and O–H groups in total. The topological polar surface area (TPSA) is 97.8 Å². The van der Waals surface area contributed by atoms with Crippen LogP contribution in [0.3, 0.4) is 0 Å². The Hall–Kier alpha value is -2.64. The highest BCUT2D eigenvalue weighted by molar-refractivity contribution is 5.91. The predicted molar refractivity (Wildman–Crippen MR) is 109 cm³/mol. The first-order valence-electron chi connectivity index (χ1n) is 10.2. The zero-order chi connectivity index (χ0) is 22.3. The maximum atomic E-state index is 13.5. The van der Waals surface area contributed by atoms with E-state index in [-0.39, 0.29) is 29.6 Å². The van der Waals surface area contributed by atoms with Crippen molar-refractivity contribution in [1.29, 1.82) is 0 Å². The molecule has 0 radical (unpaired) electrons. The third-order valence-electron chi connectivity index (χ3n) is 6.09. The lowest BCUT2D eigenvalue weighted by atomic mass is 9.99. The lowest BCUT2D eigenvalue weighted by Gasteiger charge is -2.32. The van der Waals surface area contributed by atoms with Crippen molar-refractivity contribution in [3.05, 3.63) is 30.1 Å². The van der Waals surface area contributed by atoms with Crippen LogP contribution in [0.5, 0.6) is 0 Å². The number of hydrogen-bond acceptors (Lipinski definition) is 6. The second kappa shape index (κ2) is 7.89. The maximum absolute atomic E-state index is 13.5. The summed E-state index contributed by atoms with van der Waals surface area (Å²) >= 11 is 0. The monoisotopic (exact) mass is 417 g/mol. The van der Waals surface area contributed by atoms with Gasteiger partial charge in [0.15, 0.2) is 0 Å². The molecule has 1 saturated carbocycles. The number of nitrogens with one attached hydrogen (secondary N) is 1. The van der Waals surface area contributed by atoms with Gasteiger partial charge in [0.25, 0.3) is 0 Å². The third kappa shape index (κ3) is 4.42. The molecule has 2 aliphatic rings. The van der Waals surface area contributed by atoms with Gasteiger partial charge < -0.3 is 19.7 Å². The molecule has 1 aromatic heterocycles. The number of carbonyl (C=O) groups is 3. The first-order chi connectivity index (χ1) is 14.0. The molecule has 3 rings (SSSR count). The smallest absolute Gasteiger partial charge is 0.408 e. The van der Waals surface area contributed by atoms with Crippen molar-refractivity contribution in [1.82, 2.24) is 15.2 Å². The molecule has 1 saturated heterocycles. The van der Waals surface area contributed by atoms with Crippen molar-refractivity contribution < 1.29 is 23.9 Å². The molecule has 1 aliphatic heterocycles. The minimum atomic E-state index is -0.878. The number of likely N-dealkylation sites (tertiary alicyclic amines) is 1. The van der Waals surface area contributed by atoms with E-state index >= 15 is 0 Å². The van der Waals surface area contributed by atoms with Crippen LogP contribution in [0.25, 0.3) is 0 Å². The van der Waals surface area contributed by atoms with Crippen LogP contribution < -0.4 is 5.32 Å². The fourth-order valence-corrected chi connectivity index (χ4v) is 4.51. The van der Waals surface area contributed by atoms with Crippen LogP contribution in [0.4, 0.5) is 4.79 Å². The molecule has 1 aliphatic carbocycles. The quantitative estimate of drug-likeness (QED) is 0.738. The first-order valence-corrected chi connectivity index (χ1v) is 10.2. The molecule has 0 spiro atoms. The van der Waals surface area contributed by atoms with Crippen LogP contribution in [0, 0.1) is 17.3 Å².